The monoisotopic (exact) mass is 302 g/mol. The summed E-state index contributed by atoms with van der Waals surface area (Å²) in [6, 6.07) is 0. The fraction of sp³-hybridized carbons (Fsp3) is 0.636. The molecule has 2 N–H and O–H groups in total. The van der Waals surface area contributed by atoms with E-state index in [0.717, 1.165) is 17.8 Å². The number of hydrogen-bond acceptors (Lipinski definition) is 6. The van der Waals surface area contributed by atoms with Crippen LogP contribution in [0.4, 0.5) is 5.13 Å². The predicted octanol–water partition coefficient (Wildman–Crippen LogP) is 1.49. The molecule has 6 nitrogen and oxygen atoms in total. The van der Waals surface area contributed by atoms with Crippen LogP contribution in [0.5, 0.6) is 0 Å². The number of sulfonamides is 1. The zero-order chi connectivity index (χ0) is 14.3. The van der Waals surface area contributed by atoms with E-state index in [1.54, 1.807) is 0 Å². The number of nitrogens with zero attached hydrogens (tertiary/aromatic N) is 3. The molecule has 1 aromatic heterocycles. The van der Waals surface area contributed by atoms with Gasteiger partial charge in [-0.05, 0) is 11.8 Å². The van der Waals surface area contributed by atoms with E-state index < -0.39 is 10.0 Å². The van der Waals surface area contributed by atoms with E-state index in [1.807, 2.05) is 6.08 Å². The Labute approximate surface area is 117 Å². The lowest BCUT2D eigenvalue weighted by Crippen LogP contribution is -2.36. The van der Waals surface area contributed by atoms with Gasteiger partial charge in [-0.2, -0.15) is 4.31 Å². The lowest BCUT2D eigenvalue weighted by atomic mass is 9.83. The topological polar surface area (TPSA) is 89.2 Å². The maximum Gasteiger partial charge on any atom is 0.272 e. The van der Waals surface area contributed by atoms with Crippen molar-refractivity contribution in [3.05, 3.63) is 11.6 Å². The quantitative estimate of drug-likeness (QED) is 0.836. The van der Waals surface area contributed by atoms with Crippen molar-refractivity contribution in [2.24, 2.45) is 5.41 Å². The molecule has 0 saturated heterocycles. The molecule has 0 spiro atoms. The minimum absolute atomic E-state index is 0.0300. The van der Waals surface area contributed by atoms with Gasteiger partial charge in [-0.1, -0.05) is 43.8 Å². The highest BCUT2D eigenvalue weighted by atomic mass is 32.2. The highest BCUT2D eigenvalue weighted by Crippen LogP contribution is 2.32. The standard InChI is InChI=1S/C11H18N4O2S2/c1-11(2,3)8-4-6-15(7-5-8)19(16,17)10-14-13-9(12)18-10/h4H,5-7H2,1-3H3,(H2,12,13). The van der Waals surface area contributed by atoms with Crippen LogP contribution in [0.25, 0.3) is 0 Å². The first-order chi connectivity index (χ1) is 8.71. The Morgan fingerprint density at radius 2 is 2.05 bits per heavy atom. The van der Waals surface area contributed by atoms with Crippen molar-refractivity contribution in [3.63, 3.8) is 0 Å². The molecule has 0 unspecified atom stereocenters. The van der Waals surface area contributed by atoms with Gasteiger partial charge >= 0.3 is 0 Å². The van der Waals surface area contributed by atoms with Crippen LogP contribution in [0.3, 0.4) is 0 Å². The number of aromatic nitrogens is 2. The van der Waals surface area contributed by atoms with Crippen molar-refractivity contribution in [3.8, 4) is 0 Å². The van der Waals surface area contributed by atoms with E-state index in [1.165, 1.54) is 9.88 Å². The van der Waals surface area contributed by atoms with Crippen molar-refractivity contribution < 1.29 is 8.42 Å². The number of hydrogen-bond donors (Lipinski definition) is 1. The zero-order valence-electron chi connectivity index (χ0n) is 11.3. The minimum atomic E-state index is -3.56. The Morgan fingerprint density at radius 3 is 2.47 bits per heavy atom. The Kier molecular flexibility index (Phi) is 3.67. The van der Waals surface area contributed by atoms with Gasteiger partial charge in [-0.15, -0.1) is 10.2 Å². The van der Waals surface area contributed by atoms with Crippen LogP contribution in [0, 0.1) is 5.41 Å². The summed E-state index contributed by atoms with van der Waals surface area (Å²) in [6.45, 7) is 7.26. The van der Waals surface area contributed by atoms with Gasteiger partial charge in [0.1, 0.15) is 0 Å². The van der Waals surface area contributed by atoms with Gasteiger partial charge < -0.3 is 5.73 Å². The fourth-order valence-corrected chi connectivity index (χ4v) is 4.29. The molecule has 0 aliphatic carbocycles. The maximum absolute atomic E-state index is 12.3. The molecule has 0 bridgehead atoms. The average molecular weight is 302 g/mol. The van der Waals surface area contributed by atoms with Crippen molar-refractivity contribution in [1.29, 1.82) is 0 Å². The summed E-state index contributed by atoms with van der Waals surface area (Å²) >= 11 is 0.900. The van der Waals surface area contributed by atoms with E-state index in [0.29, 0.717) is 13.1 Å². The summed E-state index contributed by atoms with van der Waals surface area (Å²) in [4.78, 5) is 0. The number of anilines is 1. The second-order valence-electron chi connectivity index (χ2n) is 5.50. The molecule has 0 atom stereocenters. The van der Waals surface area contributed by atoms with Crippen LogP contribution in [0.15, 0.2) is 16.0 Å². The van der Waals surface area contributed by atoms with E-state index in [2.05, 4.69) is 31.0 Å². The van der Waals surface area contributed by atoms with E-state index in [4.69, 9.17) is 5.73 Å². The van der Waals surface area contributed by atoms with E-state index in [-0.39, 0.29) is 14.9 Å². The molecule has 0 fully saturated rings. The Hall–Kier alpha value is -0.990. The normalized spacial score (nSPS) is 18.4. The predicted molar refractivity (Wildman–Crippen MR) is 75.2 cm³/mol. The number of rotatable bonds is 2. The summed E-state index contributed by atoms with van der Waals surface area (Å²) < 4.78 is 26.0. The number of nitrogens with two attached hydrogens (primary N) is 1. The Bertz CT molecular complexity index is 598. The molecular formula is C11H18N4O2S2. The molecule has 2 heterocycles. The van der Waals surface area contributed by atoms with Crippen LogP contribution in [-0.4, -0.2) is 36.0 Å². The van der Waals surface area contributed by atoms with Crippen molar-refractivity contribution in [2.75, 3.05) is 18.8 Å². The summed E-state index contributed by atoms with van der Waals surface area (Å²) in [5.74, 6) is 0. The van der Waals surface area contributed by atoms with E-state index >= 15 is 0 Å². The van der Waals surface area contributed by atoms with Crippen LogP contribution >= 0.6 is 11.3 Å². The second-order valence-corrected chi connectivity index (χ2v) is 8.62. The SMILES string of the molecule is CC(C)(C)C1=CCN(S(=O)(=O)c2nnc(N)s2)CC1. The second kappa shape index (κ2) is 4.84. The summed E-state index contributed by atoms with van der Waals surface area (Å²) in [5.41, 5.74) is 6.81. The lowest BCUT2D eigenvalue weighted by Gasteiger charge is -2.30. The van der Waals surface area contributed by atoms with Crippen molar-refractivity contribution >= 4 is 26.5 Å². The van der Waals surface area contributed by atoms with Gasteiger partial charge in [0.15, 0.2) is 0 Å². The average Bonchev–Trinajstić information content (AvgIpc) is 2.76. The maximum atomic E-state index is 12.3. The molecule has 2 rings (SSSR count). The van der Waals surface area contributed by atoms with Crippen LogP contribution in [-0.2, 0) is 10.0 Å². The summed E-state index contributed by atoms with van der Waals surface area (Å²) in [5, 5.41) is 7.35. The molecule has 0 aromatic carbocycles. The molecule has 19 heavy (non-hydrogen) atoms. The first-order valence-corrected chi connectivity index (χ1v) is 8.25. The molecule has 106 valence electrons. The van der Waals surface area contributed by atoms with Crippen LogP contribution in [0.2, 0.25) is 0 Å². The van der Waals surface area contributed by atoms with Gasteiger partial charge in [0.2, 0.25) is 9.47 Å². The molecule has 0 radical (unpaired) electrons. The Balaban J connectivity index is 2.20. The van der Waals surface area contributed by atoms with Gasteiger partial charge in [-0.25, -0.2) is 8.42 Å². The van der Waals surface area contributed by atoms with Crippen molar-refractivity contribution in [2.45, 2.75) is 31.5 Å². The van der Waals surface area contributed by atoms with Gasteiger partial charge in [0.25, 0.3) is 10.0 Å². The Morgan fingerprint density at radius 1 is 1.37 bits per heavy atom. The smallest absolute Gasteiger partial charge is 0.272 e. The summed E-state index contributed by atoms with van der Waals surface area (Å²) in [6.07, 6.45) is 2.74. The molecule has 1 aliphatic heterocycles. The van der Waals surface area contributed by atoms with Gasteiger partial charge in [0, 0.05) is 13.1 Å². The van der Waals surface area contributed by atoms with Gasteiger partial charge in [-0.3, -0.25) is 0 Å². The third kappa shape index (κ3) is 2.96. The molecule has 1 aliphatic rings. The third-order valence-corrected chi connectivity index (χ3v) is 6.08. The largest absolute Gasteiger partial charge is 0.374 e. The van der Waals surface area contributed by atoms with Gasteiger partial charge in [0.05, 0.1) is 0 Å². The number of nitrogen functional groups attached to an aromatic ring is 1. The zero-order valence-corrected chi connectivity index (χ0v) is 12.9. The molecule has 0 saturated carbocycles. The molecule has 1 aromatic rings. The van der Waals surface area contributed by atoms with E-state index in [9.17, 15) is 8.42 Å². The summed E-state index contributed by atoms with van der Waals surface area (Å²) in [7, 11) is -3.56. The highest BCUT2D eigenvalue weighted by Gasteiger charge is 2.31. The first kappa shape index (κ1) is 14.4. The van der Waals surface area contributed by atoms with Crippen LogP contribution in [0.1, 0.15) is 27.2 Å². The molecule has 8 heteroatoms. The first-order valence-electron chi connectivity index (χ1n) is 6.00. The minimum Gasteiger partial charge on any atom is -0.374 e. The highest BCUT2D eigenvalue weighted by molar-refractivity contribution is 7.91. The fourth-order valence-electron chi connectivity index (χ4n) is 1.99. The van der Waals surface area contributed by atoms with Crippen molar-refractivity contribution in [1.82, 2.24) is 14.5 Å². The molecular weight excluding hydrogens is 284 g/mol. The molecule has 0 amide bonds. The third-order valence-electron chi connectivity index (χ3n) is 3.12. The lowest BCUT2D eigenvalue weighted by molar-refractivity contribution is 0.389. The van der Waals surface area contributed by atoms with Crippen LogP contribution < -0.4 is 5.73 Å².